The first kappa shape index (κ1) is 18.3. The summed E-state index contributed by atoms with van der Waals surface area (Å²) in [7, 11) is 3.27. The van der Waals surface area contributed by atoms with Crippen molar-refractivity contribution < 1.29 is 18.8 Å². The minimum absolute atomic E-state index is 0.0878. The summed E-state index contributed by atoms with van der Waals surface area (Å²) in [5.74, 6) is -0.361. The second-order valence-electron chi connectivity index (χ2n) is 5.51. The van der Waals surface area contributed by atoms with Crippen LogP contribution in [0.5, 0.6) is 0 Å². The number of carbonyl (C=O) groups is 3. The van der Waals surface area contributed by atoms with E-state index in [0.717, 1.165) is 5.56 Å². The number of furan rings is 1. The summed E-state index contributed by atoms with van der Waals surface area (Å²) in [6.07, 6.45) is 1.61. The van der Waals surface area contributed by atoms with Crippen molar-refractivity contribution >= 4 is 17.7 Å². The molecule has 3 amide bonds. The van der Waals surface area contributed by atoms with Gasteiger partial charge in [-0.1, -0.05) is 12.1 Å². The van der Waals surface area contributed by atoms with Gasteiger partial charge in [0.1, 0.15) is 0 Å². The number of benzene rings is 1. The lowest BCUT2D eigenvalue weighted by atomic mass is 10.1. The van der Waals surface area contributed by atoms with E-state index in [1.165, 1.54) is 6.26 Å². The predicted octanol–water partition coefficient (Wildman–Crippen LogP) is 1.42. The molecule has 2 rings (SSSR count). The molecule has 7 nitrogen and oxygen atoms in total. The molecule has 132 valence electrons. The Morgan fingerprint density at radius 2 is 1.80 bits per heavy atom. The molecule has 0 bridgehead atoms. The Hall–Kier alpha value is -3.09. The highest BCUT2D eigenvalue weighted by Gasteiger charge is 2.12. The van der Waals surface area contributed by atoms with Gasteiger partial charge in [0.2, 0.25) is 5.91 Å². The van der Waals surface area contributed by atoms with Crippen molar-refractivity contribution in [2.24, 2.45) is 0 Å². The van der Waals surface area contributed by atoms with Crippen LogP contribution in [0.3, 0.4) is 0 Å². The quantitative estimate of drug-likeness (QED) is 0.795. The molecule has 0 atom stereocenters. The summed E-state index contributed by atoms with van der Waals surface area (Å²) >= 11 is 0. The van der Waals surface area contributed by atoms with E-state index >= 15 is 0 Å². The SMILES string of the molecule is CNC(=O)c1ccc(CN(C)C(=O)CCNC(=O)c2ccco2)cc1. The summed E-state index contributed by atoms with van der Waals surface area (Å²) in [4.78, 5) is 36.9. The third-order valence-electron chi connectivity index (χ3n) is 3.66. The molecule has 25 heavy (non-hydrogen) atoms. The molecule has 1 aromatic heterocycles. The largest absolute Gasteiger partial charge is 0.459 e. The van der Waals surface area contributed by atoms with Crippen LogP contribution in [-0.2, 0) is 11.3 Å². The van der Waals surface area contributed by atoms with Crippen LogP contribution in [0.15, 0.2) is 47.1 Å². The maximum absolute atomic E-state index is 12.1. The highest BCUT2D eigenvalue weighted by atomic mass is 16.3. The van der Waals surface area contributed by atoms with Crippen LogP contribution in [0.25, 0.3) is 0 Å². The van der Waals surface area contributed by atoms with E-state index in [-0.39, 0.29) is 36.4 Å². The Kier molecular flexibility index (Phi) is 6.33. The Morgan fingerprint density at radius 1 is 1.08 bits per heavy atom. The van der Waals surface area contributed by atoms with Gasteiger partial charge in [0.15, 0.2) is 5.76 Å². The van der Waals surface area contributed by atoms with E-state index in [0.29, 0.717) is 12.1 Å². The average molecular weight is 343 g/mol. The molecule has 0 saturated heterocycles. The summed E-state index contributed by atoms with van der Waals surface area (Å²) < 4.78 is 4.98. The molecule has 0 aliphatic carbocycles. The van der Waals surface area contributed by atoms with Crippen LogP contribution in [-0.4, -0.2) is 43.3 Å². The minimum Gasteiger partial charge on any atom is -0.459 e. The van der Waals surface area contributed by atoms with Crippen LogP contribution in [0.1, 0.15) is 32.9 Å². The zero-order valence-corrected chi connectivity index (χ0v) is 14.2. The fraction of sp³-hybridized carbons (Fsp3) is 0.278. The zero-order valence-electron chi connectivity index (χ0n) is 14.2. The summed E-state index contributed by atoms with van der Waals surface area (Å²) in [5.41, 5.74) is 1.49. The second kappa shape index (κ2) is 8.68. The topological polar surface area (TPSA) is 91.7 Å². The zero-order chi connectivity index (χ0) is 18.2. The van der Waals surface area contributed by atoms with Crippen LogP contribution in [0, 0.1) is 0 Å². The second-order valence-corrected chi connectivity index (χ2v) is 5.51. The van der Waals surface area contributed by atoms with Gasteiger partial charge in [-0.3, -0.25) is 14.4 Å². The van der Waals surface area contributed by atoms with Gasteiger partial charge in [-0.05, 0) is 29.8 Å². The molecule has 0 unspecified atom stereocenters. The summed E-state index contributed by atoms with van der Waals surface area (Å²) in [6, 6.07) is 10.3. The lowest BCUT2D eigenvalue weighted by molar-refractivity contribution is -0.130. The van der Waals surface area contributed by atoms with Crippen molar-refractivity contribution in [2.45, 2.75) is 13.0 Å². The minimum atomic E-state index is -0.342. The molecule has 0 radical (unpaired) electrons. The van der Waals surface area contributed by atoms with Crippen LogP contribution < -0.4 is 10.6 Å². The first-order valence-corrected chi connectivity index (χ1v) is 7.88. The van der Waals surface area contributed by atoms with Gasteiger partial charge in [0.25, 0.3) is 11.8 Å². The monoisotopic (exact) mass is 343 g/mol. The standard InChI is InChI=1S/C18H21N3O4/c1-19-17(23)14-7-5-13(6-8-14)12-21(2)16(22)9-10-20-18(24)15-4-3-11-25-15/h3-8,11H,9-10,12H2,1-2H3,(H,19,23)(H,20,24). The maximum atomic E-state index is 12.1. The Bertz CT molecular complexity index is 723. The molecule has 1 aromatic carbocycles. The first-order valence-electron chi connectivity index (χ1n) is 7.88. The molecule has 0 aliphatic rings. The fourth-order valence-electron chi connectivity index (χ4n) is 2.24. The molecule has 7 heteroatoms. The van der Waals surface area contributed by atoms with Gasteiger partial charge < -0.3 is 20.0 Å². The molecule has 1 heterocycles. The Balaban J connectivity index is 1.78. The summed E-state index contributed by atoms with van der Waals surface area (Å²) in [5, 5.41) is 5.19. The molecular formula is C18H21N3O4. The van der Waals surface area contributed by atoms with E-state index < -0.39 is 0 Å². The van der Waals surface area contributed by atoms with Gasteiger partial charge in [-0.2, -0.15) is 0 Å². The van der Waals surface area contributed by atoms with Gasteiger partial charge in [0, 0.05) is 39.2 Å². The number of nitrogens with one attached hydrogen (secondary N) is 2. The number of hydrogen-bond donors (Lipinski definition) is 2. The van der Waals surface area contributed by atoms with Crippen LogP contribution in [0.2, 0.25) is 0 Å². The van der Waals surface area contributed by atoms with E-state index in [1.807, 2.05) is 12.1 Å². The van der Waals surface area contributed by atoms with Crippen molar-refractivity contribution in [3.05, 3.63) is 59.5 Å². The first-order chi connectivity index (χ1) is 12.0. The van der Waals surface area contributed by atoms with Crippen molar-refractivity contribution in [1.82, 2.24) is 15.5 Å². The lowest BCUT2D eigenvalue weighted by Gasteiger charge is -2.17. The van der Waals surface area contributed by atoms with Crippen molar-refractivity contribution in [1.29, 1.82) is 0 Å². The third kappa shape index (κ3) is 5.20. The Morgan fingerprint density at radius 3 is 2.40 bits per heavy atom. The van der Waals surface area contributed by atoms with E-state index in [2.05, 4.69) is 10.6 Å². The summed E-state index contributed by atoms with van der Waals surface area (Å²) in [6.45, 7) is 0.664. The molecule has 2 aromatic rings. The fourth-order valence-corrected chi connectivity index (χ4v) is 2.24. The molecule has 2 N–H and O–H groups in total. The molecule has 0 saturated carbocycles. The lowest BCUT2D eigenvalue weighted by Crippen LogP contribution is -2.31. The number of amides is 3. The number of carbonyl (C=O) groups excluding carboxylic acids is 3. The predicted molar refractivity (Wildman–Crippen MR) is 92.0 cm³/mol. The number of rotatable bonds is 7. The highest BCUT2D eigenvalue weighted by molar-refractivity contribution is 5.94. The molecule has 0 spiro atoms. The van der Waals surface area contributed by atoms with Gasteiger partial charge in [-0.25, -0.2) is 0 Å². The molecular weight excluding hydrogens is 322 g/mol. The van der Waals surface area contributed by atoms with E-state index in [9.17, 15) is 14.4 Å². The van der Waals surface area contributed by atoms with Gasteiger partial charge in [0.05, 0.1) is 6.26 Å². The number of nitrogens with zero attached hydrogens (tertiary/aromatic N) is 1. The third-order valence-corrected chi connectivity index (χ3v) is 3.66. The number of hydrogen-bond acceptors (Lipinski definition) is 4. The Labute approximate surface area is 146 Å². The normalized spacial score (nSPS) is 10.2. The molecule has 0 aliphatic heterocycles. The molecule has 0 fully saturated rings. The average Bonchev–Trinajstić information content (AvgIpc) is 3.16. The van der Waals surface area contributed by atoms with Gasteiger partial charge in [-0.15, -0.1) is 0 Å². The van der Waals surface area contributed by atoms with E-state index in [1.54, 1.807) is 43.3 Å². The maximum Gasteiger partial charge on any atom is 0.286 e. The van der Waals surface area contributed by atoms with Gasteiger partial charge >= 0.3 is 0 Å². The van der Waals surface area contributed by atoms with E-state index in [4.69, 9.17) is 4.42 Å². The van der Waals surface area contributed by atoms with Crippen LogP contribution >= 0.6 is 0 Å². The van der Waals surface area contributed by atoms with Crippen molar-refractivity contribution in [2.75, 3.05) is 20.6 Å². The van der Waals surface area contributed by atoms with Crippen molar-refractivity contribution in [3.8, 4) is 0 Å². The van der Waals surface area contributed by atoms with Crippen molar-refractivity contribution in [3.63, 3.8) is 0 Å². The smallest absolute Gasteiger partial charge is 0.286 e. The van der Waals surface area contributed by atoms with Crippen LogP contribution in [0.4, 0.5) is 0 Å². The highest BCUT2D eigenvalue weighted by Crippen LogP contribution is 2.08.